The Balaban J connectivity index is 1.50. The highest BCUT2D eigenvalue weighted by Gasteiger charge is 2.35. The van der Waals surface area contributed by atoms with E-state index in [9.17, 15) is 19.6 Å². The first-order valence-electron chi connectivity index (χ1n) is 12.0. The highest BCUT2D eigenvalue weighted by molar-refractivity contribution is 14.1. The predicted octanol–water partition coefficient (Wildman–Crippen LogP) is 6.12. The summed E-state index contributed by atoms with van der Waals surface area (Å²) in [5.41, 5.74) is 3.43. The molecule has 1 saturated heterocycles. The molecule has 0 saturated carbocycles. The van der Waals surface area contributed by atoms with Gasteiger partial charge in [0.15, 0.2) is 18.1 Å². The molecule has 1 aliphatic rings. The number of ether oxygens (including phenoxy) is 2. The van der Waals surface area contributed by atoms with Gasteiger partial charge in [-0.25, -0.2) is 0 Å². The Morgan fingerprint density at radius 2 is 1.87 bits per heavy atom. The summed E-state index contributed by atoms with van der Waals surface area (Å²) in [6, 6.07) is 19.9. The minimum absolute atomic E-state index is 0.0188. The molecule has 0 spiro atoms. The van der Waals surface area contributed by atoms with Gasteiger partial charge in [-0.3, -0.25) is 19.3 Å². The van der Waals surface area contributed by atoms with Crippen LogP contribution in [0, 0.1) is 21.8 Å². The Kier molecular flexibility index (Phi) is 9.27. The number of carbonyl (C=O) groups is 3. The van der Waals surface area contributed by atoms with Crippen molar-refractivity contribution in [3.63, 3.8) is 0 Å². The number of carbonyl (C=O) groups excluding carboxylic acids is 3. The first-order chi connectivity index (χ1) is 18.8. The number of nitrogens with zero attached hydrogens (tertiary/aromatic N) is 2. The second kappa shape index (κ2) is 12.8. The lowest BCUT2D eigenvalue weighted by Gasteiger charge is -2.15. The standard InChI is InChI=1S/C29H24IN3O5S/c1-3-37-24-13-19(12-23(30)27(24)38-17-26(34)32-22-10-8-18(2)9-11-22)14-25-28(35)33(29(36)39-25)16-21-7-5-4-6-20(21)15-31/h4-14H,3,16-17H2,1-2H3,(H,32,34)/b25-14+. The van der Waals surface area contributed by atoms with Crippen molar-refractivity contribution in [2.45, 2.75) is 20.4 Å². The fourth-order valence-corrected chi connectivity index (χ4v) is 5.39. The van der Waals surface area contributed by atoms with E-state index in [2.05, 4.69) is 34.0 Å². The molecule has 0 unspecified atom stereocenters. The lowest BCUT2D eigenvalue weighted by atomic mass is 10.1. The van der Waals surface area contributed by atoms with E-state index in [4.69, 9.17) is 9.47 Å². The van der Waals surface area contributed by atoms with Crippen LogP contribution in [-0.2, 0) is 16.1 Å². The number of halogens is 1. The number of amides is 3. The van der Waals surface area contributed by atoms with Crippen LogP contribution in [0.5, 0.6) is 11.5 Å². The molecule has 0 radical (unpaired) electrons. The van der Waals surface area contributed by atoms with Gasteiger partial charge in [0.2, 0.25) is 0 Å². The molecule has 0 atom stereocenters. The summed E-state index contributed by atoms with van der Waals surface area (Å²) in [4.78, 5) is 39.5. The normalized spacial score (nSPS) is 13.9. The average Bonchev–Trinajstić information content (AvgIpc) is 3.17. The number of nitriles is 1. The topological polar surface area (TPSA) is 109 Å². The molecule has 1 heterocycles. The molecule has 39 heavy (non-hydrogen) atoms. The van der Waals surface area contributed by atoms with Crippen molar-refractivity contribution in [3.05, 3.63) is 91.4 Å². The van der Waals surface area contributed by atoms with Crippen molar-refractivity contribution in [1.29, 1.82) is 5.26 Å². The SMILES string of the molecule is CCOc1cc(/C=C2/SC(=O)N(Cc3ccccc3C#N)C2=O)cc(I)c1OCC(=O)Nc1ccc(C)cc1. The third-order valence-corrected chi connectivity index (χ3v) is 7.36. The lowest BCUT2D eigenvalue weighted by molar-refractivity contribution is -0.123. The van der Waals surface area contributed by atoms with Crippen LogP contribution in [0.3, 0.4) is 0 Å². The van der Waals surface area contributed by atoms with E-state index in [1.807, 2.05) is 38.1 Å². The largest absolute Gasteiger partial charge is 0.490 e. The number of imide groups is 1. The van der Waals surface area contributed by atoms with E-state index in [-0.39, 0.29) is 24.0 Å². The Morgan fingerprint density at radius 3 is 2.59 bits per heavy atom. The molecule has 0 aromatic heterocycles. The maximum absolute atomic E-state index is 13.1. The summed E-state index contributed by atoms with van der Waals surface area (Å²) >= 11 is 2.93. The molecule has 1 aliphatic heterocycles. The van der Waals surface area contributed by atoms with E-state index < -0.39 is 11.1 Å². The fraction of sp³-hybridized carbons (Fsp3) is 0.172. The van der Waals surface area contributed by atoms with Gasteiger partial charge in [-0.1, -0.05) is 35.9 Å². The van der Waals surface area contributed by atoms with Gasteiger partial charge in [-0.2, -0.15) is 5.26 Å². The second-order valence-electron chi connectivity index (χ2n) is 8.50. The van der Waals surface area contributed by atoms with Crippen LogP contribution in [0.4, 0.5) is 10.5 Å². The van der Waals surface area contributed by atoms with Crippen molar-refractivity contribution in [2.75, 3.05) is 18.5 Å². The molecule has 3 amide bonds. The number of benzene rings is 3. The van der Waals surface area contributed by atoms with E-state index in [0.717, 1.165) is 22.2 Å². The summed E-state index contributed by atoms with van der Waals surface area (Å²) in [5, 5.41) is 11.7. The van der Waals surface area contributed by atoms with Crippen LogP contribution in [0.2, 0.25) is 0 Å². The number of hydrogen-bond donors (Lipinski definition) is 1. The van der Waals surface area contributed by atoms with E-state index in [1.54, 1.807) is 42.5 Å². The molecular formula is C29H24IN3O5S. The maximum Gasteiger partial charge on any atom is 0.293 e. The number of aryl methyl sites for hydroxylation is 1. The smallest absolute Gasteiger partial charge is 0.293 e. The molecule has 0 aliphatic carbocycles. The first kappa shape index (κ1) is 28.2. The molecule has 1 N–H and O–H groups in total. The Bertz CT molecular complexity index is 1500. The summed E-state index contributed by atoms with van der Waals surface area (Å²) in [6.07, 6.45) is 1.62. The zero-order chi connectivity index (χ0) is 27.9. The monoisotopic (exact) mass is 653 g/mol. The van der Waals surface area contributed by atoms with Crippen LogP contribution >= 0.6 is 34.4 Å². The Morgan fingerprint density at radius 1 is 1.13 bits per heavy atom. The van der Waals surface area contributed by atoms with Crippen LogP contribution in [0.25, 0.3) is 6.08 Å². The van der Waals surface area contributed by atoms with Crippen LogP contribution < -0.4 is 14.8 Å². The van der Waals surface area contributed by atoms with Gasteiger partial charge in [0, 0.05) is 5.69 Å². The fourth-order valence-electron chi connectivity index (χ4n) is 3.77. The van der Waals surface area contributed by atoms with Crippen molar-refractivity contribution in [3.8, 4) is 17.6 Å². The minimum Gasteiger partial charge on any atom is -0.490 e. The molecule has 3 aromatic rings. The van der Waals surface area contributed by atoms with Gasteiger partial charge >= 0.3 is 0 Å². The predicted molar refractivity (Wildman–Crippen MR) is 158 cm³/mol. The van der Waals surface area contributed by atoms with Gasteiger partial charge < -0.3 is 14.8 Å². The Labute approximate surface area is 244 Å². The number of nitrogens with one attached hydrogen (secondary N) is 1. The lowest BCUT2D eigenvalue weighted by Crippen LogP contribution is -2.27. The molecule has 1 fully saturated rings. The summed E-state index contributed by atoms with van der Waals surface area (Å²) in [5.74, 6) is 0.0856. The van der Waals surface area contributed by atoms with Crippen molar-refractivity contribution >= 4 is 63.2 Å². The van der Waals surface area contributed by atoms with Crippen LogP contribution in [-0.4, -0.2) is 35.2 Å². The molecule has 198 valence electrons. The molecule has 0 bridgehead atoms. The quantitative estimate of drug-likeness (QED) is 0.219. The van der Waals surface area contributed by atoms with Gasteiger partial charge in [-0.15, -0.1) is 0 Å². The first-order valence-corrected chi connectivity index (χ1v) is 13.9. The van der Waals surface area contributed by atoms with Gasteiger partial charge in [0.25, 0.3) is 17.1 Å². The summed E-state index contributed by atoms with van der Waals surface area (Å²) in [6.45, 7) is 3.96. The third kappa shape index (κ3) is 6.99. The zero-order valence-electron chi connectivity index (χ0n) is 21.2. The van der Waals surface area contributed by atoms with Crippen LogP contribution in [0.1, 0.15) is 29.2 Å². The highest BCUT2D eigenvalue weighted by Crippen LogP contribution is 2.38. The Hall–Kier alpha value is -3.82. The molecule has 8 nitrogen and oxygen atoms in total. The number of rotatable bonds is 9. The van der Waals surface area contributed by atoms with Crippen molar-refractivity contribution in [2.24, 2.45) is 0 Å². The maximum atomic E-state index is 13.1. The minimum atomic E-state index is -0.432. The zero-order valence-corrected chi connectivity index (χ0v) is 24.2. The molecule has 4 rings (SSSR count). The van der Waals surface area contributed by atoms with Gasteiger partial charge in [-0.05, 0) is 95.7 Å². The average molecular weight is 653 g/mol. The van der Waals surface area contributed by atoms with E-state index in [1.165, 1.54) is 0 Å². The highest BCUT2D eigenvalue weighted by atomic mass is 127. The van der Waals surface area contributed by atoms with E-state index >= 15 is 0 Å². The van der Waals surface area contributed by atoms with Gasteiger partial charge in [0.1, 0.15) is 0 Å². The van der Waals surface area contributed by atoms with Crippen molar-refractivity contribution in [1.82, 2.24) is 4.90 Å². The molecular weight excluding hydrogens is 629 g/mol. The summed E-state index contributed by atoms with van der Waals surface area (Å²) < 4.78 is 12.3. The third-order valence-electron chi connectivity index (χ3n) is 5.65. The number of thioether (sulfide) groups is 1. The van der Waals surface area contributed by atoms with E-state index in [0.29, 0.717) is 44.1 Å². The number of anilines is 1. The molecule has 10 heteroatoms. The van der Waals surface area contributed by atoms with Crippen LogP contribution in [0.15, 0.2) is 65.6 Å². The summed E-state index contributed by atoms with van der Waals surface area (Å²) in [7, 11) is 0. The van der Waals surface area contributed by atoms with Crippen molar-refractivity contribution < 1.29 is 23.9 Å². The second-order valence-corrected chi connectivity index (χ2v) is 10.7. The molecule has 3 aromatic carbocycles. The van der Waals surface area contributed by atoms with Gasteiger partial charge in [0.05, 0.1) is 33.3 Å². The number of hydrogen-bond acceptors (Lipinski definition) is 7.